The van der Waals surface area contributed by atoms with E-state index in [0.717, 1.165) is 4.60 Å². The van der Waals surface area contributed by atoms with E-state index < -0.39 is 0 Å². The molecule has 0 saturated carbocycles. The summed E-state index contributed by atoms with van der Waals surface area (Å²) in [4.78, 5) is 7.86. The van der Waals surface area contributed by atoms with Crippen LogP contribution in [0.2, 0.25) is 0 Å². The molecule has 1 heterocycles. The molecule has 12 heavy (non-hydrogen) atoms. The Morgan fingerprint density at radius 3 is 2.83 bits per heavy atom. The number of nitrogens with zero attached hydrogens (tertiary/aromatic N) is 2. The average Bonchev–Trinajstić information content (AvgIpc) is 2.09. The molecule has 64 valence electrons. The molecule has 0 bridgehead atoms. The molecule has 0 aliphatic carbocycles. The first-order chi connectivity index (χ1) is 5.72. The second-order valence-corrected chi connectivity index (χ2v) is 2.97. The molecule has 4 heteroatoms. The van der Waals surface area contributed by atoms with Gasteiger partial charge in [0.25, 0.3) is 0 Å². The maximum absolute atomic E-state index is 5.29. The Labute approximate surface area is 79.6 Å². The van der Waals surface area contributed by atoms with Crippen molar-refractivity contribution in [3.05, 3.63) is 22.9 Å². The lowest BCUT2D eigenvalue weighted by Gasteiger charge is -2.02. The summed E-state index contributed by atoms with van der Waals surface area (Å²) < 4.78 is 6.08. The summed E-state index contributed by atoms with van der Waals surface area (Å²) in [5.41, 5.74) is 0. The number of rotatable bonds is 1. The maximum atomic E-state index is 5.29. The fourth-order valence-corrected chi connectivity index (χ4v) is 0.873. The SMILES string of the molecule is CN=C(C)Oc1ccc(Br)nc1. The predicted molar refractivity (Wildman–Crippen MR) is 51.6 cm³/mol. The van der Waals surface area contributed by atoms with Crippen LogP contribution in [-0.2, 0) is 0 Å². The van der Waals surface area contributed by atoms with Crippen LogP contribution in [0.5, 0.6) is 5.75 Å². The Hall–Kier alpha value is -0.900. The van der Waals surface area contributed by atoms with Crippen LogP contribution >= 0.6 is 15.9 Å². The van der Waals surface area contributed by atoms with E-state index >= 15 is 0 Å². The van der Waals surface area contributed by atoms with Crippen molar-refractivity contribution in [2.24, 2.45) is 4.99 Å². The van der Waals surface area contributed by atoms with E-state index in [2.05, 4.69) is 25.9 Å². The van der Waals surface area contributed by atoms with Crippen LogP contribution in [0.15, 0.2) is 27.9 Å². The van der Waals surface area contributed by atoms with E-state index in [1.54, 1.807) is 20.2 Å². The van der Waals surface area contributed by atoms with E-state index in [1.165, 1.54) is 0 Å². The first kappa shape index (κ1) is 9.19. The van der Waals surface area contributed by atoms with Gasteiger partial charge in [0.15, 0.2) is 5.90 Å². The third kappa shape index (κ3) is 2.62. The van der Waals surface area contributed by atoms with Gasteiger partial charge in [-0.1, -0.05) is 0 Å². The zero-order chi connectivity index (χ0) is 8.97. The van der Waals surface area contributed by atoms with Crippen LogP contribution < -0.4 is 4.74 Å². The molecule has 0 saturated heterocycles. The average molecular weight is 229 g/mol. The fraction of sp³-hybridized carbons (Fsp3) is 0.250. The van der Waals surface area contributed by atoms with Crippen LogP contribution in [0.1, 0.15) is 6.92 Å². The monoisotopic (exact) mass is 228 g/mol. The van der Waals surface area contributed by atoms with Gasteiger partial charge in [-0.2, -0.15) is 0 Å². The van der Waals surface area contributed by atoms with Crippen LogP contribution in [-0.4, -0.2) is 17.9 Å². The summed E-state index contributed by atoms with van der Waals surface area (Å²) in [7, 11) is 1.68. The minimum Gasteiger partial charge on any atom is -0.442 e. The molecule has 0 atom stereocenters. The van der Waals surface area contributed by atoms with E-state index in [1.807, 2.05) is 12.1 Å². The molecule has 0 aliphatic heterocycles. The lowest BCUT2D eigenvalue weighted by Crippen LogP contribution is -2.02. The van der Waals surface area contributed by atoms with Crippen molar-refractivity contribution in [2.45, 2.75) is 6.92 Å². The zero-order valence-electron chi connectivity index (χ0n) is 6.91. The normalized spacial score (nSPS) is 11.4. The highest BCUT2D eigenvalue weighted by molar-refractivity contribution is 9.10. The number of hydrogen-bond donors (Lipinski definition) is 0. The van der Waals surface area contributed by atoms with Gasteiger partial charge < -0.3 is 4.74 Å². The first-order valence-corrected chi connectivity index (χ1v) is 4.24. The van der Waals surface area contributed by atoms with E-state index in [4.69, 9.17) is 4.74 Å². The Morgan fingerprint density at radius 2 is 2.33 bits per heavy atom. The summed E-state index contributed by atoms with van der Waals surface area (Å²) in [5.74, 6) is 1.32. The van der Waals surface area contributed by atoms with Crippen LogP contribution in [0.4, 0.5) is 0 Å². The van der Waals surface area contributed by atoms with Crippen molar-refractivity contribution < 1.29 is 4.74 Å². The highest BCUT2D eigenvalue weighted by Gasteiger charge is 1.95. The second kappa shape index (κ2) is 4.21. The number of ether oxygens (including phenoxy) is 1. The van der Waals surface area contributed by atoms with Gasteiger partial charge in [0.05, 0.1) is 6.20 Å². The topological polar surface area (TPSA) is 34.5 Å². The minimum absolute atomic E-state index is 0.624. The van der Waals surface area contributed by atoms with Gasteiger partial charge in [0.1, 0.15) is 10.4 Å². The lowest BCUT2D eigenvalue weighted by molar-refractivity contribution is 0.542. The summed E-state index contributed by atoms with van der Waals surface area (Å²) >= 11 is 3.23. The van der Waals surface area contributed by atoms with Crippen LogP contribution in [0.25, 0.3) is 0 Å². The highest BCUT2D eigenvalue weighted by atomic mass is 79.9. The number of aliphatic imine (C=N–C) groups is 1. The molecule has 1 aromatic rings. The largest absolute Gasteiger partial charge is 0.442 e. The smallest absolute Gasteiger partial charge is 0.186 e. The molecule has 0 radical (unpaired) electrons. The molecule has 0 fully saturated rings. The third-order valence-corrected chi connectivity index (χ3v) is 1.75. The van der Waals surface area contributed by atoms with Crippen LogP contribution in [0, 0.1) is 0 Å². The maximum Gasteiger partial charge on any atom is 0.186 e. The van der Waals surface area contributed by atoms with Gasteiger partial charge in [-0.3, -0.25) is 4.99 Å². The third-order valence-electron chi connectivity index (χ3n) is 1.28. The summed E-state index contributed by atoms with van der Waals surface area (Å²) in [6, 6.07) is 3.64. The van der Waals surface area contributed by atoms with Gasteiger partial charge in [-0.25, -0.2) is 4.98 Å². The van der Waals surface area contributed by atoms with Crippen molar-refractivity contribution in [3.8, 4) is 5.75 Å². The fourth-order valence-electron chi connectivity index (χ4n) is 0.639. The summed E-state index contributed by atoms with van der Waals surface area (Å²) in [6.45, 7) is 1.79. The van der Waals surface area contributed by atoms with Gasteiger partial charge in [-0.15, -0.1) is 0 Å². The van der Waals surface area contributed by atoms with E-state index in [0.29, 0.717) is 11.6 Å². The second-order valence-electron chi connectivity index (χ2n) is 2.16. The minimum atomic E-state index is 0.624. The van der Waals surface area contributed by atoms with E-state index in [-0.39, 0.29) is 0 Å². The predicted octanol–water partition coefficient (Wildman–Crippen LogP) is 2.27. The Kier molecular flexibility index (Phi) is 3.22. The molecule has 1 aromatic heterocycles. The summed E-state index contributed by atoms with van der Waals surface area (Å²) in [6.07, 6.45) is 1.64. The first-order valence-electron chi connectivity index (χ1n) is 3.45. The van der Waals surface area contributed by atoms with Gasteiger partial charge in [0, 0.05) is 14.0 Å². The van der Waals surface area contributed by atoms with Gasteiger partial charge in [0.2, 0.25) is 0 Å². The number of pyridine rings is 1. The lowest BCUT2D eigenvalue weighted by atomic mass is 10.5. The number of aromatic nitrogens is 1. The van der Waals surface area contributed by atoms with Crippen molar-refractivity contribution in [2.75, 3.05) is 7.05 Å². The molecule has 0 spiro atoms. The molecule has 0 aromatic carbocycles. The zero-order valence-corrected chi connectivity index (χ0v) is 8.50. The molecule has 3 nitrogen and oxygen atoms in total. The van der Waals surface area contributed by atoms with Gasteiger partial charge in [-0.05, 0) is 28.1 Å². The Balaban J connectivity index is 2.71. The molecule has 0 amide bonds. The molecule has 1 rings (SSSR count). The van der Waals surface area contributed by atoms with Crippen molar-refractivity contribution in [1.29, 1.82) is 0 Å². The number of halogens is 1. The molecule has 0 unspecified atom stereocenters. The Bertz CT molecular complexity index is 282. The summed E-state index contributed by atoms with van der Waals surface area (Å²) in [5, 5.41) is 0. The van der Waals surface area contributed by atoms with E-state index in [9.17, 15) is 0 Å². The van der Waals surface area contributed by atoms with Crippen molar-refractivity contribution in [1.82, 2.24) is 4.98 Å². The van der Waals surface area contributed by atoms with Crippen LogP contribution in [0.3, 0.4) is 0 Å². The molecular weight excluding hydrogens is 220 g/mol. The Morgan fingerprint density at radius 1 is 1.58 bits per heavy atom. The molecule has 0 N–H and O–H groups in total. The number of hydrogen-bond acceptors (Lipinski definition) is 3. The molecular formula is C8H9BrN2O. The van der Waals surface area contributed by atoms with Crippen molar-refractivity contribution in [3.63, 3.8) is 0 Å². The van der Waals surface area contributed by atoms with Crippen molar-refractivity contribution >= 4 is 21.8 Å². The highest BCUT2D eigenvalue weighted by Crippen LogP contribution is 2.12. The quantitative estimate of drug-likeness (QED) is 0.420. The standard InChI is InChI=1S/C8H9BrN2O/c1-6(10-2)12-7-3-4-8(9)11-5-7/h3-5H,1-2H3. The molecule has 0 aliphatic rings. The van der Waals surface area contributed by atoms with Gasteiger partial charge >= 0.3 is 0 Å².